The summed E-state index contributed by atoms with van der Waals surface area (Å²) in [7, 11) is 1.55. The van der Waals surface area contributed by atoms with Crippen molar-refractivity contribution in [1.82, 2.24) is 4.98 Å². The Bertz CT molecular complexity index is 535. The quantitative estimate of drug-likeness (QED) is 0.867. The third-order valence-corrected chi connectivity index (χ3v) is 4.18. The average molecular weight is 284 g/mol. The number of nitrogens with zero attached hydrogens (tertiary/aromatic N) is 1. The first-order valence-electron chi connectivity index (χ1n) is 4.77. The zero-order valence-corrected chi connectivity index (χ0v) is 10.6. The summed E-state index contributed by atoms with van der Waals surface area (Å²) in [5.74, 6) is -0.801. The predicted molar refractivity (Wildman–Crippen MR) is 61.3 cm³/mol. The van der Waals surface area contributed by atoms with E-state index in [0.717, 1.165) is 15.3 Å². The van der Waals surface area contributed by atoms with E-state index in [-0.39, 0.29) is 14.5 Å². The van der Waals surface area contributed by atoms with Crippen LogP contribution >= 0.6 is 0 Å². The van der Waals surface area contributed by atoms with Gasteiger partial charge in [-0.15, -0.1) is 0 Å². The van der Waals surface area contributed by atoms with Crippen molar-refractivity contribution in [2.75, 3.05) is 7.11 Å². The molecule has 4 nitrogen and oxygen atoms in total. The number of carbonyl (C=O) groups is 1. The number of aliphatic carboxylic acids is 1. The van der Waals surface area contributed by atoms with Gasteiger partial charge in [-0.05, 0) is 0 Å². The molecule has 2 aromatic rings. The fraction of sp³-hybridized carbons (Fsp3) is 0.273. The first-order chi connectivity index (χ1) is 7.63. The van der Waals surface area contributed by atoms with Gasteiger partial charge in [-0.25, -0.2) is 0 Å². The molecule has 16 heavy (non-hydrogen) atoms. The van der Waals surface area contributed by atoms with E-state index in [4.69, 9.17) is 9.84 Å². The van der Waals surface area contributed by atoms with Crippen LogP contribution in [-0.4, -0.2) is 37.7 Å². The Morgan fingerprint density at radius 1 is 1.56 bits per heavy atom. The topological polar surface area (TPSA) is 59.4 Å². The number of benzene rings is 1. The van der Waals surface area contributed by atoms with E-state index in [1.54, 1.807) is 14.0 Å². The summed E-state index contributed by atoms with van der Waals surface area (Å²) < 4.78 is 6.33. The minimum absolute atomic E-state index is 0.217. The Labute approximate surface area is 98.6 Å². The molecular formula is C11H11NO3Se. The molecule has 0 saturated heterocycles. The van der Waals surface area contributed by atoms with Crippen LogP contribution in [0, 0.1) is 0 Å². The van der Waals surface area contributed by atoms with E-state index >= 15 is 0 Å². The van der Waals surface area contributed by atoms with E-state index in [1.807, 2.05) is 17.2 Å². The van der Waals surface area contributed by atoms with Crippen molar-refractivity contribution in [2.24, 2.45) is 0 Å². The molecule has 0 aliphatic carbocycles. The Balaban J connectivity index is 2.61. The van der Waals surface area contributed by atoms with E-state index in [1.165, 1.54) is 0 Å². The van der Waals surface area contributed by atoms with E-state index in [2.05, 4.69) is 4.98 Å². The normalized spacial score (nSPS) is 12.6. The molecule has 0 radical (unpaired) electrons. The Kier molecular flexibility index (Phi) is 2.99. The average Bonchev–Trinajstić information content (AvgIpc) is 2.72. The molecule has 1 aromatic heterocycles. The molecule has 0 aliphatic rings. The van der Waals surface area contributed by atoms with Crippen molar-refractivity contribution >= 4 is 30.2 Å². The molecule has 0 spiro atoms. The Morgan fingerprint density at radius 3 is 2.94 bits per heavy atom. The van der Waals surface area contributed by atoms with Gasteiger partial charge in [0, 0.05) is 0 Å². The van der Waals surface area contributed by atoms with Crippen molar-refractivity contribution in [2.45, 2.75) is 12.8 Å². The predicted octanol–water partition coefficient (Wildman–Crippen LogP) is 1.49. The summed E-state index contributed by atoms with van der Waals surface area (Å²) in [6.45, 7) is 1.66. The van der Waals surface area contributed by atoms with Crippen LogP contribution in [0.4, 0.5) is 0 Å². The van der Waals surface area contributed by atoms with Crippen LogP contribution in [0.5, 0.6) is 5.75 Å². The maximum absolute atomic E-state index is 11.0. The number of ether oxygens (including phenoxy) is 1. The summed E-state index contributed by atoms with van der Waals surface area (Å²) in [4.78, 5) is 15.2. The van der Waals surface area contributed by atoms with Gasteiger partial charge in [0.05, 0.1) is 0 Å². The first-order valence-corrected chi connectivity index (χ1v) is 6.62. The van der Waals surface area contributed by atoms with Crippen molar-refractivity contribution < 1.29 is 14.6 Å². The number of aromatic nitrogens is 1. The molecule has 0 amide bonds. The number of methoxy groups -OCH3 is 1. The fourth-order valence-electron chi connectivity index (χ4n) is 1.55. The third-order valence-electron chi connectivity index (χ3n) is 2.52. The van der Waals surface area contributed by atoms with Crippen LogP contribution in [0.15, 0.2) is 17.2 Å². The molecule has 1 unspecified atom stereocenters. The van der Waals surface area contributed by atoms with Crippen LogP contribution in [0.25, 0.3) is 9.78 Å². The van der Waals surface area contributed by atoms with Gasteiger partial charge in [0.15, 0.2) is 0 Å². The van der Waals surface area contributed by atoms with E-state index in [0.29, 0.717) is 5.75 Å². The zero-order valence-electron chi connectivity index (χ0n) is 8.93. The van der Waals surface area contributed by atoms with Gasteiger partial charge < -0.3 is 0 Å². The molecule has 0 saturated carbocycles. The van der Waals surface area contributed by atoms with Crippen molar-refractivity contribution in [3.8, 4) is 5.75 Å². The number of rotatable bonds is 3. The molecule has 84 valence electrons. The number of carboxylic acid groups (broad SMARTS) is 1. The van der Waals surface area contributed by atoms with Gasteiger partial charge in [-0.3, -0.25) is 0 Å². The van der Waals surface area contributed by atoms with Crippen LogP contribution in [0.3, 0.4) is 0 Å². The molecule has 1 N–H and O–H groups in total. The number of fused-ring (bicyclic) bond motifs is 1. The minimum atomic E-state index is -0.843. The first kappa shape index (κ1) is 11.2. The van der Waals surface area contributed by atoms with Crippen molar-refractivity contribution in [3.05, 3.63) is 22.8 Å². The summed E-state index contributed by atoms with van der Waals surface area (Å²) in [5.41, 5.74) is 1.62. The fourth-order valence-corrected chi connectivity index (χ4v) is 3.03. The van der Waals surface area contributed by atoms with E-state index in [9.17, 15) is 4.79 Å². The molecule has 1 aromatic carbocycles. The number of hydrogen-bond donors (Lipinski definition) is 1. The summed E-state index contributed by atoms with van der Waals surface area (Å²) in [6, 6.07) is 3.72. The molecule has 1 atom stereocenters. The van der Waals surface area contributed by atoms with Crippen molar-refractivity contribution in [3.63, 3.8) is 0 Å². The second kappa shape index (κ2) is 4.28. The third kappa shape index (κ3) is 1.84. The van der Waals surface area contributed by atoms with Crippen molar-refractivity contribution in [1.29, 1.82) is 0 Å². The molecule has 0 bridgehead atoms. The maximum atomic E-state index is 11.0. The SMILES string of the molecule is COc1cc2nc[se]c2cc1C(C)C(=O)O. The molecular weight excluding hydrogens is 273 g/mol. The molecule has 0 fully saturated rings. The summed E-state index contributed by atoms with van der Waals surface area (Å²) in [5, 5.41) is 10.9. The standard InChI is InChI=1S/C11H11NO3Se/c1-6(11(13)14)7-3-10-8(12-5-16-10)4-9(7)15-2/h3-6H,1-2H3,(H,13,14). The van der Waals surface area contributed by atoms with Gasteiger partial charge >= 0.3 is 98.3 Å². The van der Waals surface area contributed by atoms with Gasteiger partial charge in [0.25, 0.3) is 0 Å². The van der Waals surface area contributed by atoms with Crippen LogP contribution in [0.1, 0.15) is 18.4 Å². The Morgan fingerprint density at radius 2 is 2.31 bits per heavy atom. The van der Waals surface area contributed by atoms with Gasteiger partial charge in [0.2, 0.25) is 0 Å². The van der Waals surface area contributed by atoms with Crippen LogP contribution in [0.2, 0.25) is 0 Å². The summed E-state index contributed by atoms with van der Waals surface area (Å²) >= 11 is 0.217. The number of hydrogen-bond acceptors (Lipinski definition) is 3. The van der Waals surface area contributed by atoms with Crippen LogP contribution < -0.4 is 4.74 Å². The second-order valence-corrected chi connectivity index (χ2v) is 5.33. The van der Waals surface area contributed by atoms with Gasteiger partial charge in [-0.2, -0.15) is 0 Å². The zero-order chi connectivity index (χ0) is 11.7. The van der Waals surface area contributed by atoms with Crippen LogP contribution in [-0.2, 0) is 4.79 Å². The van der Waals surface area contributed by atoms with Gasteiger partial charge in [-0.1, -0.05) is 0 Å². The molecule has 1 heterocycles. The van der Waals surface area contributed by atoms with E-state index < -0.39 is 11.9 Å². The van der Waals surface area contributed by atoms with Gasteiger partial charge in [0.1, 0.15) is 0 Å². The second-order valence-electron chi connectivity index (χ2n) is 3.47. The molecule has 2 rings (SSSR count). The number of carboxylic acids is 1. The Hall–Kier alpha value is -1.32. The summed E-state index contributed by atoms with van der Waals surface area (Å²) in [6.07, 6.45) is 0. The molecule has 0 aliphatic heterocycles. The monoisotopic (exact) mass is 285 g/mol. The molecule has 5 heteroatoms.